The molecular formula is C14H15NO4. The molecule has 1 aromatic carbocycles. The van der Waals surface area contributed by atoms with Crippen molar-refractivity contribution in [3.8, 4) is 5.75 Å². The van der Waals surface area contributed by atoms with E-state index < -0.39 is 11.9 Å². The normalized spacial score (nSPS) is 19.1. The summed E-state index contributed by atoms with van der Waals surface area (Å²) in [5.74, 6) is -0.979. The fraction of sp³-hybridized carbons (Fsp3) is 0.286. The molecule has 0 spiro atoms. The van der Waals surface area contributed by atoms with Crippen molar-refractivity contribution in [1.82, 2.24) is 5.32 Å². The Balaban J connectivity index is 2.48. The zero-order valence-corrected chi connectivity index (χ0v) is 10.8. The molecule has 0 radical (unpaired) electrons. The Morgan fingerprint density at radius 1 is 1.47 bits per heavy atom. The highest BCUT2D eigenvalue weighted by Crippen LogP contribution is 2.34. The Bertz CT molecular complexity index is 562. The van der Waals surface area contributed by atoms with E-state index in [4.69, 9.17) is 4.74 Å². The molecule has 5 nitrogen and oxygen atoms in total. The average molecular weight is 261 g/mol. The number of benzene rings is 1. The minimum atomic E-state index is -1.01. The van der Waals surface area contributed by atoms with Gasteiger partial charge in [0.05, 0.1) is 12.7 Å². The molecule has 0 fully saturated rings. The summed E-state index contributed by atoms with van der Waals surface area (Å²) in [7, 11) is 1.55. The van der Waals surface area contributed by atoms with Crippen molar-refractivity contribution in [3.05, 3.63) is 41.1 Å². The molecule has 19 heavy (non-hydrogen) atoms. The number of hydrogen-bond donors (Lipinski definition) is 2. The van der Waals surface area contributed by atoms with Gasteiger partial charge < -0.3 is 15.2 Å². The number of carbonyl (C=O) groups is 2. The highest BCUT2D eigenvalue weighted by molar-refractivity contribution is 5.94. The predicted octanol–water partition coefficient (Wildman–Crippen LogP) is 1.66. The summed E-state index contributed by atoms with van der Waals surface area (Å²) in [6.07, 6.45) is 0.131. The van der Waals surface area contributed by atoms with Gasteiger partial charge in [-0.25, -0.2) is 4.79 Å². The number of nitrogens with one attached hydrogen (secondary N) is 1. The molecule has 0 saturated heterocycles. The van der Waals surface area contributed by atoms with Crippen LogP contribution in [0.25, 0.3) is 0 Å². The minimum Gasteiger partial charge on any atom is -0.497 e. The van der Waals surface area contributed by atoms with Gasteiger partial charge in [-0.3, -0.25) is 4.79 Å². The first kappa shape index (κ1) is 13.1. The number of aliphatic carboxylic acids is 1. The second-order valence-electron chi connectivity index (χ2n) is 4.43. The standard InChI is InChI=1S/C14H15NO4/c1-8-13(14(17)18)11(7-12(16)15-8)9-4-3-5-10(6-9)19-2/h3-6,11H,7H2,1-2H3,(H,15,16)(H,17,18)/t11-/m1/s1. The van der Waals surface area contributed by atoms with Gasteiger partial charge in [-0.15, -0.1) is 0 Å². The number of carboxylic acid groups (broad SMARTS) is 1. The first-order chi connectivity index (χ1) is 9.02. The zero-order chi connectivity index (χ0) is 14.0. The second-order valence-corrected chi connectivity index (χ2v) is 4.43. The molecule has 1 aliphatic rings. The number of ether oxygens (including phenoxy) is 1. The van der Waals surface area contributed by atoms with Crippen LogP contribution in [-0.2, 0) is 9.59 Å². The van der Waals surface area contributed by atoms with E-state index in [1.807, 2.05) is 6.07 Å². The maximum absolute atomic E-state index is 11.6. The van der Waals surface area contributed by atoms with Crippen LogP contribution < -0.4 is 10.1 Å². The SMILES string of the molecule is COc1cccc([C@H]2CC(=O)NC(C)=C2C(=O)O)c1. The molecule has 0 bridgehead atoms. The quantitative estimate of drug-likeness (QED) is 0.867. The van der Waals surface area contributed by atoms with Crippen molar-refractivity contribution in [3.63, 3.8) is 0 Å². The number of hydrogen-bond acceptors (Lipinski definition) is 3. The molecule has 1 aliphatic heterocycles. The van der Waals surface area contributed by atoms with Gasteiger partial charge in [0.15, 0.2) is 0 Å². The Morgan fingerprint density at radius 3 is 2.84 bits per heavy atom. The van der Waals surface area contributed by atoms with Crippen molar-refractivity contribution < 1.29 is 19.4 Å². The number of carbonyl (C=O) groups excluding carboxylic acids is 1. The lowest BCUT2D eigenvalue weighted by Gasteiger charge is -2.25. The van der Waals surface area contributed by atoms with E-state index in [0.29, 0.717) is 11.4 Å². The van der Waals surface area contributed by atoms with E-state index in [1.165, 1.54) is 0 Å². The molecule has 5 heteroatoms. The molecule has 1 amide bonds. The average Bonchev–Trinajstić information content (AvgIpc) is 2.37. The molecule has 2 rings (SSSR count). The number of rotatable bonds is 3. The van der Waals surface area contributed by atoms with Gasteiger partial charge in [0.25, 0.3) is 0 Å². The van der Waals surface area contributed by atoms with Gasteiger partial charge in [-0.2, -0.15) is 0 Å². The lowest BCUT2D eigenvalue weighted by molar-refractivity contribution is -0.133. The first-order valence-corrected chi connectivity index (χ1v) is 5.90. The van der Waals surface area contributed by atoms with Crippen LogP contribution in [0.5, 0.6) is 5.75 Å². The fourth-order valence-electron chi connectivity index (χ4n) is 2.33. The summed E-state index contributed by atoms with van der Waals surface area (Å²) in [4.78, 5) is 23.0. The van der Waals surface area contributed by atoms with Gasteiger partial charge in [0.1, 0.15) is 5.75 Å². The lowest BCUT2D eigenvalue weighted by atomic mass is 9.84. The molecule has 0 aromatic heterocycles. The maximum Gasteiger partial charge on any atom is 0.333 e. The molecule has 1 atom stereocenters. The first-order valence-electron chi connectivity index (χ1n) is 5.90. The van der Waals surface area contributed by atoms with Crippen molar-refractivity contribution in [2.45, 2.75) is 19.3 Å². The Kier molecular flexibility index (Phi) is 3.55. The summed E-state index contributed by atoms with van der Waals surface area (Å²) in [5.41, 5.74) is 1.40. The van der Waals surface area contributed by atoms with Crippen LogP contribution in [0.3, 0.4) is 0 Å². The minimum absolute atomic E-state index is 0.131. The molecule has 0 aliphatic carbocycles. The van der Waals surface area contributed by atoms with Gasteiger partial charge in [-0.05, 0) is 24.6 Å². The van der Waals surface area contributed by atoms with E-state index in [0.717, 1.165) is 5.56 Å². The molecule has 1 heterocycles. The van der Waals surface area contributed by atoms with Crippen LogP contribution in [-0.4, -0.2) is 24.1 Å². The number of carboxylic acids is 1. The monoisotopic (exact) mass is 261 g/mol. The van der Waals surface area contributed by atoms with E-state index in [2.05, 4.69) is 5.32 Å². The van der Waals surface area contributed by atoms with Gasteiger partial charge >= 0.3 is 5.97 Å². The van der Waals surface area contributed by atoms with Crippen molar-refractivity contribution in [2.24, 2.45) is 0 Å². The summed E-state index contributed by atoms with van der Waals surface area (Å²) in [6.45, 7) is 1.60. The third-order valence-corrected chi connectivity index (χ3v) is 3.20. The number of methoxy groups -OCH3 is 1. The zero-order valence-electron chi connectivity index (χ0n) is 10.8. The Labute approximate surface area is 110 Å². The van der Waals surface area contributed by atoms with Crippen LogP contribution >= 0.6 is 0 Å². The van der Waals surface area contributed by atoms with Crippen LogP contribution in [0.1, 0.15) is 24.8 Å². The van der Waals surface area contributed by atoms with E-state index in [9.17, 15) is 14.7 Å². The fourth-order valence-corrected chi connectivity index (χ4v) is 2.33. The van der Waals surface area contributed by atoms with E-state index in [1.54, 1.807) is 32.2 Å². The van der Waals surface area contributed by atoms with Gasteiger partial charge in [-0.1, -0.05) is 12.1 Å². The smallest absolute Gasteiger partial charge is 0.333 e. The summed E-state index contributed by atoms with van der Waals surface area (Å²) >= 11 is 0. The second kappa shape index (κ2) is 5.14. The molecule has 0 saturated carbocycles. The summed E-state index contributed by atoms with van der Waals surface area (Å²) in [6, 6.07) is 7.14. The third kappa shape index (κ3) is 2.59. The topological polar surface area (TPSA) is 75.6 Å². The summed E-state index contributed by atoms with van der Waals surface area (Å²) in [5, 5.41) is 11.9. The largest absolute Gasteiger partial charge is 0.497 e. The number of allylic oxidation sites excluding steroid dienone is 1. The van der Waals surface area contributed by atoms with Crippen LogP contribution in [0.4, 0.5) is 0 Å². The van der Waals surface area contributed by atoms with Crippen molar-refractivity contribution in [2.75, 3.05) is 7.11 Å². The summed E-state index contributed by atoms with van der Waals surface area (Å²) < 4.78 is 5.13. The Hall–Kier alpha value is -2.30. The molecule has 0 unspecified atom stereocenters. The predicted molar refractivity (Wildman–Crippen MR) is 68.8 cm³/mol. The van der Waals surface area contributed by atoms with Gasteiger partial charge in [0.2, 0.25) is 5.91 Å². The lowest BCUT2D eigenvalue weighted by Crippen LogP contribution is -2.33. The number of amides is 1. The van der Waals surface area contributed by atoms with Crippen LogP contribution in [0.15, 0.2) is 35.5 Å². The third-order valence-electron chi connectivity index (χ3n) is 3.20. The molecular weight excluding hydrogens is 246 g/mol. The molecule has 100 valence electrons. The Morgan fingerprint density at radius 2 is 2.21 bits per heavy atom. The maximum atomic E-state index is 11.6. The van der Waals surface area contributed by atoms with Crippen molar-refractivity contribution in [1.29, 1.82) is 0 Å². The van der Waals surface area contributed by atoms with Gasteiger partial charge in [0, 0.05) is 18.0 Å². The van der Waals surface area contributed by atoms with Crippen LogP contribution in [0, 0.1) is 0 Å². The van der Waals surface area contributed by atoms with Crippen molar-refractivity contribution >= 4 is 11.9 Å². The van der Waals surface area contributed by atoms with Crippen LogP contribution in [0.2, 0.25) is 0 Å². The molecule has 2 N–H and O–H groups in total. The van der Waals surface area contributed by atoms with E-state index >= 15 is 0 Å². The molecule has 1 aromatic rings. The highest BCUT2D eigenvalue weighted by atomic mass is 16.5. The van der Waals surface area contributed by atoms with E-state index in [-0.39, 0.29) is 17.9 Å². The highest BCUT2D eigenvalue weighted by Gasteiger charge is 2.31.